The smallest absolute Gasteiger partial charge is 0.307 e. The molecular formula is C12H14BrNO5S. The van der Waals surface area contributed by atoms with Gasteiger partial charge >= 0.3 is 5.97 Å². The van der Waals surface area contributed by atoms with Crippen LogP contribution in [0.2, 0.25) is 0 Å². The van der Waals surface area contributed by atoms with E-state index in [1.54, 1.807) is 12.1 Å². The van der Waals surface area contributed by atoms with E-state index in [1.807, 2.05) is 0 Å². The summed E-state index contributed by atoms with van der Waals surface area (Å²) < 4.78 is 31.7. The standard InChI is InChI=1S/C12H14BrNO5S/c1-19-9-2-3-10(13)11(6-9)20(17,18)14-5-4-8(7-14)12(15)16/h2-3,6,8H,4-5,7H2,1H3,(H,15,16). The van der Waals surface area contributed by atoms with Gasteiger partial charge in [0.25, 0.3) is 0 Å². The van der Waals surface area contributed by atoms with Gasteiger partial charge in [-0.15, -0.1) is 0 Å². The van der Waals surface area contributed by atoms with Crippen LogP contribution in [-0.4, -0.2) is 44.0 Å². The summed E-state index contributed by atoms with van der Waals surface area (Å²) in [6.07, 6.45) is 0.330. The first-order chi connectivity index (χ1) is 9.36. The summed E-state index contributed by atoms with van der Waals surface area (Å²) in [7, 11) is -2.27. The second-order valence-electron chi connectivity index (χ2n) is 4.48. The van der Waals surface area contributed by atoms with Gasteiger partial charge in [0.15, 0.2) is 0 Å². The molecule has 0 radical (unpaired) electrons. The van der Waals surface area contributed by atoms with E-state index >= 15 is 0 Å². The van der Waals surface area contributed by atoms with Crippen molar-refractivity contribution in [3.05, 3.63) is 22.7 Å². The Morgan fingerprint density at radius 1 is 1.50 bits per heavy atom. The van der Waals surface area contributed by atoms with Gasteiger partial charge in [-0.05, 0) is 34.5 Å². The zero-order valence-corrected chi connectivity index (χ0v) is 13.1. The Bertz CT molecular complexity index is 631. The van der Waals surface area contributed by atoms with E-state index in [0.29, 0.717) is 16.6 Å². The summed E-state index contributed by atoms with van der Waals surface area (Å²) in [5.74, 6) is -1.18. The van der Waals surface area contributed by atoms with Crippen LogP contribution in [-0.2, 0) is 14.8 Å². The van der Waals surface area contributed by atoms with E-state index in [9.17, 15) is 13.2 Å². The monoisotopic (exact) mass is 363 g/mol. The number of carboxylic acids is 1. The second kappa shape index (κ2) is 5.71. The van der Waals surface area contributed by atoms with Crippen molar-refractivity contribution < 1.29 is 23.1 Å². The van der Waals surface area contributed by atoms with Gasteiger partial charge in [0, 0.05) is 23.6 Å². The highest BCUT2D eigenvalue weighted by Crippen LogP contribution is 2.31. The van der Waals surface area contributed by atoms with Gasteiger partial charge in [-0.2, -0.15) is 4.31 Å². The van der Waals surface area contributed by atoms with Crippen LogP contribution in [0.1, 0.15) is 6.42 Å². The molecule has 0 amide bonds. The highest BCUT2D eigenvalue weighted by molar-refractivity contribution is 9.10. The number of methoxy groups -OCH3 is 1. The SMILES string of the molecule is COc1ccc(Br)c(S(=O)(=O)N2CCC(C(=O)O)C2)c1. The third kappa shape index (κ3) is 2.82. The number of ether oxygens (including phenoxy) is 1. The van der Waals surface area contributed by atoms with Crippen molar-refractivity contribution in [3.63, 3.8) is 0 Å². The molecule has 1 aliphatic heterocycles. The zero-order valence-electron chi connectivity index (χ0n) is 10.7. The Hall–Kier alpha value is -1.12. The highest BCUT2D eigenvalue weighted by Gasteiger charge is 2.36. The molecule has 0 bridgehead atoms. The van der Waals surface area contributed by atoms with Crippen LogP contribution >= 0.6 is 15.9 Å². The van der Waals surface area contributed by atoms with Crippen LogP contribution in [0.5, 0.6) is 5.75 Å². The molecule has 1 heterocycles. The van der Waals surface area contributed by atoms with E-state index < -0.39 is 21.9 Å². The maximum absolute atomic E-state index is 12.5. The first kappa shape index (κ1) is 15.3. The summed E-state index contributed by atoms with van der Waals surface area (Å²) >= 11 is 3.21. The highest BCUT2D eigenvalue weighted by atomic mass is 79.9. The number of halogens is 1. The van der Waals surface area contributed by atoms with Gasteiger partial charge in [-0.3, -0.25) is 4.79 Å². The molecule has 1 aromatic carbocycles. The van der Waals surface area contributed by atoms with E-state index in [0.717, 1.165) is 0 Å². The molecule has 6 nitrogen and oxygen atoms in total. The van der Waals surface area contributed by atoms with Crippen molar-refractivity contribution in [2.24, 2.45) is 5.92 Å². The number of aliphatic carboxylic acids is 1. The molecule has 0 spiro atoms. The number of hydrogen-bond donors (Lipinski definition) is 1. The van der Waals surface area contributed by atoms with Crippen LogP contribution in [0.25, 0.3) is 0 Å². The summed E-state index contributed by atoms with van der Waals surface area (Å²) in [5, 5.41) is 8.95. The largest absolute Gasteiger partial charge is 0.497 e. The first-order valence-electron chi connectivity index (χ1n) is 5.92. The zero-order chi connectivity index (χ0) is 14.9. The van der Waals surface area contributed by atoms with Crippen molar-refractivity contribution >= 4 is 31.9 Å². The minimum absolute atomic E-state index is 0.00131. The molecule has 2 rings (SSSR count). The lowest BCUT2D eigenvalue weighted by atomic mass is 10.1. The number of hydrogen-bond acceptors (Lipinski definition) is 4. The van der Waals surface area contributed by atoms with Crippen LogP contribution in [0.15, 0.2) is 27.6 Å². The van der Waals surface area contributed by atoms with Gasteiger partial charge < -0.3 is 9.84 Å². The maximum Gasteiger partial charge on any atom is 0.307 e. The Morgan fingerprint density at radius 3 is 2.75 bits per heavy atom. The average Bonchev–Trinajstić information content (AvgIpc) is 2.89. The van der Waals surface area contributed by atoms with Crippen LogP contribution in [0.3, 0.4) is 0 Å². The molecule has 20 heavy (non-hydrogen) atoms. The molecule has 0 aliphatic carbocycles. The number of carbonyl (C=O) groups is 1. The molecule has 1 fully saturated rings. The molecule has 1 N–H and O–H groups in total. The van der Waals surface area contributed by atoms with Gasteiger partial charge in [0.1, 0.15) is 10.6 Å². The Morgan fingerprint density at radius 2 is 2.20 bits per heavy atom. The van der Waals surface area contributed by atoms with Crippen LogP contribution in [0.4, 0.5) is 0 Å². The molecule has 110 valence electrons. The summed E-state index contributed by atoms with van der Waals surface area (Å²) in [6, 6.07) is 4.66. The van der Waals surface area contributed by atoms with E-state index in [-0.39, 0.29) is 18.0 Å². The van der Waals surface area contributed by atoms with Crippen LogP contribution in [0, 0.1) is 5.92 Å². The number of carboxylic acid groups (broad SMARTS) is 1. The minimum atomic E-state index is -3.73. The van der Waals surface area contributed by atoms with Gasteiger partial charge in [0.2, 0.25) is 10.0 Å². The van der Waals surface area contributed by atoms with Crippen molar-refractivity contribution in [2.45, 2.75) is 11.3 Å². The van der Waals surface area contributed by atoms with E-state index in [2.05, 4.69) is 15.9 Å². The molecule has 1 aliphatic rings. The topological polar surface area (TPSA) is 83.9 Å². The van der Waals surface area contributed by atoms with Crippen molar-refractivity contribution in [3.8, 4) is 5.75 Å². The van der Waals surface area contributed by atoms with E-state index in [1.165, 1.54) is 17.5 Å². The lowest BCUT2D eigenvalue weighted by molar-refractivity contribution is -0.141. The fourth-order valence-corrected chi connectivity index (χ4v) is 4.54. The predicted octanol–water partition coefficient (Wildman–Crippen LogP) is 1.55. The molecule has 1 saturated heterocycles. The van der Waals surface area contributed by atoms with Gasteiger partial charge in [0.05, 0.1) is 13.0 Å². The lowest BCUT2D eigenvalue weighted by Crippen LogP contribution is -2.30. The summed E-state index contributed by atoms with van der Waals surface area (Å²) in [4.78, 5) is 11.0. The van der Waals surface area contributed by atoms with Crippen molar-refractivity contribution in [1.82, 2.24) is 4.31 Å². The summed E-state index contributed by atoms with van der Waals surface area (Å²) in [6.45, 7) is 0.213. The molecule has 0 aromatic heterocycles. The number of rotatable bonds is 4. The lowest BCUT2D eigenvalue weighted by Gasteiger charge is -2.17. The third-order valence-corrected chi connectivity index (χ3v) is 6.12. The normalized spacial score (nSPS) is 20.0. The predicted molar refractivity (Wildman–Crippen MR) is 75.2 cm³/mol. The number of sulfonamides is 1. The second-order valence-corrected chi connectivity index (χ2v) is 7.24. The first-order valence-corrected chi connectivity index (χ1v) is 8.16. The minimum Gasteiger partial charge on any atom is -0.497 e. The Labute approximate surface area is 125 Å². The van der Waals surface area contributed by atoms with Crippen LogP contribution < -0.4 is 4.74 Å². The Kier molecular flexibility index (Phi) is 4.36. The summed E-state index contributed by atoms with van der Waals surface area (Å²) in [5.41, 5.74) is 0. The average molecular weight is 364 g/mol. The molecule has 1 atom stereocenters. The fourth-order valence-electron chi connectivity index (χ4n) is 2.10. The number of benzene rings is 1. The van der Waals surface area contributed by atoms with E-state index in [4.69, 9.17) is 9.84 Å². The fraction of sp³-hybridized carbons (Fsp3) is 0.417. The van der Waals surface area contributed by atoms with Crippen molar-refractivity contribution in [1.29, 1.82) is 0 Å². The van der Waals surface area contributed by atoms with Gasteiger partial charge in [-0.1, -0.05) is 0 Å². The maximum atomic E-state index is 12.5. The third-order valence-electron chi connectivity index (χ3n) is 3.26. The van der Waals surface area contributed by atoms with Crippen molar-refractivity contribution in [2.75, 3.05) is 20.2 Å². The molecule has 1 unspecified atom stereocenters. The Balaban J connectivity index is 2.34. The molecule has 1 aromatic rings. The molecule has 0 saturated carbocycles. The van der Waals surface area contributed by atoms with Gasteiger partial charge in [-0.25, -0.2) is 8.42 Å². The number of nitrogens with zero attached hydrogens (tertiary/aromatic N) is 1. The molecular weight excluding hydrogens is 350 g/mol. The molecule has 8 heteroatoms. The quantitative estimate of drug-likeness (QED) is 0.877.